The molecule has 0 amide bonds. The van der Waals surface area contributed by atoms with Gasteiger partial charge in [0.25, 0.3) is 0 Å². The molecule has 0 radical (unpaired) electrons. The molecule has 0 saturated carbocycles. The van der Waals surface area contributed by atoms with Crippen LogP contribution in [0.4, 0.5) is 10.1 Å². The van der Waals surface area contributed by atoms with Crippen LogP contribution in [0.2, 0.25) is 0 Å². The zero-order chi connectivity index (χ0) is 14.5. The van der Waals surface area contributed by atoms with Crippen LogP contribution in [0.5, 0.6) is 0 Å². The third-order valence-electron chi connectivity index (χ3n) is 2.99. The van der Waals surface area contributed by atoms with Gasteiger partial charge in [0.05, 0.1) is 0 Å². The summed E-state index contributed by atoms with van der Waals surface area (Å²) in [6.07, 6.45) is 1.48. The Kier molecular flexibility index (Phi) is 4.30. The quantitative estimate of drug-likeness (QED) is 0.910. The molecular formula is C15H15FN2O2. The lowest BCUT2D eigenvalue weighted by Crippen LogP contribution is -2.22. The van der Waals surface area contributed by atoms with Gasteiger partial charge in [0.2, 0.25) is 0 Å². The standard InChI is InChI=1S/C15H15FN2O2/c1-2-18(13-5-3-12(16)4-6-13)10-11-7-8-17-14(9-11)15(19)20/h3-9H,2,10H2,1H3,(H,19,20). The summed E-state index contributed by atoms with van der Waals surface area (Å²) in [7, 11) is 0. The maximum Gasteiger partial charge on any atom is 0.354 e. The summed E-state index contributed by atoms with van der Waals surface area (Å²) < 4.78 is 12.9. The van der Waals surface area contributed by atoms with E-state index in [2.05, 4.69) is 4.98 Å². The molecule has 4 nitrogen and oxygen atoms in total. The number of nitrogens with zero attached hydrogens (tertiary/aromatic N) is 2. The predicted octanol–water partition coefficient (Wildman–Crippen LogP) is 2.95. The monoisotopic (exact) mass is 274 g/mol. The number of carbonyl (C=O) groups is 1. The van der Waals surface area contributed by atoms with Crippen molar-refractivity contribution in [3.8, 4) is 0 Å². The molecule has 0 atom stereocenters. The van der Waals surface area contributed by atoms with Gasteiger partial charge in [0, 0.05) is 25.0 Å². The summed E-state index contributed by atoms with van der Waals surface area (Å²) >= 11 is 0. The van der Waals surface area contributed by atoms with Gasteiger partial charge in [0.15, 0.2) is 0 Å². The number of aromatic nitrogens is 1. The van der Waals surface area contributed by atoms with E-state index in [1.165, 1.54) is 18.3 Å². The Morgan fingerprint density at radius 2 is 2.00 bits per heavy atom. The zero-order valence-electron chi connectivity index (χ0n) is 11.1. The minimum atomic E-state index is -1.04. The smallest absolute Gasteiger partial charge is 0.354 e. The van der Waals surface area contributed by atoms with Gasteiger partial charge in [-0.15, -0.1) is 0 Å². The highest BCUT2D eigenvalue weighted by Gasteiger charge is 2.09. The highest BCUT2D eigenvalue weighted by atomic mass is 19.1. The average Bonchev–Trinajstić information content (AvgIpc) is 2.46. The van der Waals surface area contributed by atoms with Crippen LogP contribution >= 0.6 is 0 Å². The molecule has 1 heterocycles. The van der Waals surface area contributed by atoms with Gasteiger partial charge in [-0.1, -0.05) is 0 Å². The number of carboxylic acid groups (broad SMARTS) is 1. The highest BCUT2D eigenvalue weighted by Crippen LogP contribution is 2.17. The number of benzene rings is 1. The first-order valence-electron chi connectivity index (χ1n) is 6.29. The number of hydrogen-bond donors (Lipinski definition) is 1. The molecule has 0 aliphatic rings. The molecule has 1 aromatic heterocycles. The van der Waals surface area contributed by atoms with Crippen LogP contribution in [-0.2, 0) is 6.54 Å². The molecule has 0 bridgehead atoms. The molecule has 5 heteroatoms. The van der Waals surface area contributed by atoms with E-state index in [0.717, 1.165) is 17.8 Å². The molecule has 104 valence electrons. The van der Waals surface area contributed by atoms with E-state index in [9.17, 15) is 9.18 Å². The number of rotatable bonds is 5. The van der Waals surface area contributed by atoms with Gasteiger partial charge >= 0.3 is 5.97 Å². The van der Waals surface area contributed by atoms with Crippen molar-refractivity contribution >= 4 is 11.7 Å². The molecule has 1 aromatic carbocycles. The number of halogens is 1. The number of carboxylic acids is 1. The summed E-state index contributed by atoms with van der Waals surface area (Å²) in [5, 5.41) is 8.93. The summed E-state index contributed by atoms with van der Waals surface area (Å²) in [5.41, 5.74) is 1.77. The maximum atomic E-state index is 12.9. The first-order chi connectivity index (χ1) is 9.60. The molecule has 0 unspecified atom stereocenters. The van der Waals surface area contributed by atoms with E-state index < -0.39 is 5.97 Å². The van der Waals surface area contributed by atoms with Gasteiger partial charge in [-0.3, -0.25) is 0 Å². The third kappa shape index (κ3) is 3.32. The molecule has 0 spiro atoms. The summed E-state index contributed by atoms with van der Waals surface area (Å²) in [4.78, 5) is 16.7. The van der Waals surface area contributed by atoms with Crippen molar-refractivity contribution in [3.05, 3.63) is 59.7 Å². The van der Waals surface area contributed by atoms with Crippen LogP contribution < -0.4 is 4.90 Å². The van der Waals surface area contributed by atoms with Crippen LogP contribution in [0.1, 0.15) is 23.0 Å². The molecule has 2 rings (SSSR count). The van der Waals surface area contributed by atoms with Gasteiger partial charge in [-0.25, -0.2) is 14.2 Å². The van der Waals surface area contributed by atoms with Gasteiger partial charge in [-0.05, 0) is 48.9 Å². The Balaban J connectivity index is 2.19. The fourth-order valence-electron chi connectivity index (χ4n) is 1.95. The predicted molar refractivity (Wildman–Crippen MR) is 74.3 cm³/mol. The first kappa shape index (κ1) is 14.0. The molecule has 0 fully saturated rings. The van der Waals surface area contributed by atoms with E-state index >= 15 is 0 Å². The Hall–Kier alpha value is -2.43. The summed E-state index contributed by atoms with van der Waals surface area (Å²) in [6, 6.07) is 9.56. The first-order valence-corrected chi connectivity index (χ1v) is 6.29. The highest BCUT2D eigenvalue weighted by molar-refractivity contribution is 5.85. The van der Waals surface area contributed by atoms with Crippen molar-refractivity contribution in [2.45, 2.75) is 13.5 Å². The topological polar surface area (TPSA) is 53.4 Å². The van der Waals surface area contributed by atoms with Crippen molar-refractivity contribution in [2.24, 2.45) is 0 Å². The largest absolute Gasteiger partial charge is 0.477 e. The van der Waals surface area contributed by atoms with Crippen molar-refractivity contribution in [2.75, 3.05) is 11.4 Å². The van der Waals surface area contributed by atoms with Crippen LogP contribution in [0.3, 0.4) is 0 Å². The zero-order valence-corrected chi connectivity index (χ0v) is 11.1. The number of pyridine rings is 1. The second-order valence-corrected chi connectivity index (χ2v) is 4.35. The molecule has 1 N–H and O–H groups in total. The molecule has 0 aliphatic carbocycles. The molecule has 0 saturated heterocycles. The summed E-state index contributed by atoms with van der Waals surface area (Å²) in [5.74, 6) is -1.32. The van der Waals surface area contributed by atoms with Crippen molar-refractivity contribution < 1.29 is 14.3 Å². The van der Waals surface area contributed by atoms with Crippen molar-refractivity contribution in [1.82, 2.24) is 4.98 Å². The van der Waals surface area contributed by atoms with Crippen LogP contribution in [0.25, 0.3) is 0 Å². The Morgan fingerprint density at radius 3 is 2.60 bits per heavy atom. The lowest BCUT2D eigenvalue weighted by molar-refractivity contribution is 0.0690. The molecule has 2 aromatic rings. The fraction of sp³-hybridized carbons (Fsp3) is 0.200. The lowest BCUT2D eigenvalue weighted by atomic mass is 10.2. The maximum absolute atomic E-state index is 12.9. The minimum absolute atomic E-state index is 0.0256. The Labute approximate surface area is 116 Å². The van der Waals surface area contributed by atoms with E-state index in [-0.39, 0.29) is 11.5 Å². The third-order valence-corrected chi connectivity index (χ3v) is 2.99. The molecular weight excluding hydrogens is 259 g/mol. The number of anilines is 1. The van der Waals surface area contributed by atoms with Crippen molar-refractivity contribution in [3.63, 3.8) is 0 Å². The van der Waals surface area contributed by atoms with E-state index in [1.807, 2.05) is 11.8 Å². The van der Waals surface area contributed by atoms with Crippen molar-refractivity contribution in [1.29, 1.82) is 0 Å². The molecule has 0 aliphatic heterocycles. The second kappa shape index (κ2) is 6.14. The number of aromatic carboxylic acids is 1. The minimum Gasteiger partial charge on any atom is -0.477 e. The van der Waals surface area contributed by atoms with Gasteiger partial charge in [-0.2, -0.15) is 0 Å². The van der Waals surface area contributed by atoms with Crippen LogP contribution in [0.15, 0.2) is 42.6 Å². The van der Waals surface area contributed by atoms with Crippen LogP contribution in [-0.4, -0.2) is 22.6 Å². The SMILES string of the molecule is CCN(Cc1ccnc(C(=O)O)c1)c1ccc(F)cc1. The van der Waals surface area contributed by atoms with Crippen LogP contribution in [0, 0.1) is 5.82 Å². The summed E-state index contributed by atoms with van der Waals surface area (Å²) in [6.45, 7) is 3.27. The van der Waals surface area contributed by atoms with E-state index in [1.54, 1.807) is 24.3 Å². The second-order valence-electron chi connectivity index (χ2n) is 4.35. The van der Waals surface area contributed by atoms with Gasteiger partial charge < -0.3 is 10.0 Å². The fourth-order valence-corrected chi connectivity index (χ4v) is 1.95. The Bertz CT molecular complexity index is 599. The average molecular weight is 274 g/mol. The van der Waals surface area contributed by atoms with E-state index in [0.29, 0.717) is 6.54 Å². The number of hydrogen-bond acceptors (Lipinski definition) is 3. The lowest BCUT2D eigenvalue weighted by Gasteiger charge is -2.23. The van der Waals surface area contributed by atoms with E-state index in [4.69, 9.17) is 5.11 Å². The molecule has 20 heavy (non-hydrogen) atoms. The Morgan fingerprint density at radius 1 is 1.30 bits per heavy atom. The van der Waals surface area contributed by atoms with Gasteiger partial charge in [0.1, 0.15) is 11.5 Å². The normalized spacial score (nSPS) is 10.3.